The van der Waals surface area contributed by atoms with Gasteiger partial charge in [-0.1, -0.05) is 42.1 Å². The van der Waals surface area contributed by atoms with E-state index in [0.29, 0.717) is 0 Å². The Morgan fingerprint density at radius 1 is 1.29 bits per heavy atom. The van der Waals surface area contributed by atoms with E-state index in [0.717, 1.165) is 17.3 Å². The van der Waals surface area contributed by atoms with Crippen molar-refractivity contribution in [1.82, 2.24) is 10.6 Å². The molecule has 1 unspecified atom stereocenters. The van der Waals surface area contributed by atoms with Gasteiger partial charge >= 0.3 is 5.97 Å². The molecule has 0 spiro atoms. The predicted octanol–water partition coefficient (Wildman–Crippen LogP) is 1.37. The van der Waals surface area contributed by atoms with Crippen LogP contribution in [0.5, 0.6) is 0 Å². The van der Waals surface area contributed by atoms with E-state index < -0.39 is 16.8 Å². The number of benzene rings is 1. The molecule has 2 rings (SSSR count). The predicted molar refractivity (Wildman–Crippen MR) is 92.0 cm³/mol. The minimum atomic E-state index is -0.716. The number of hydrogen-bond acceptors (Lipinski definition) is 6. The Hall–Kier alpha value is -2.28. The summed E-state index contributed by atoms with van der Waals surface area (Å²) in [5.74, 6) is -0.758. The van der Waals surface area contributed by atoms with Crippen molar-refractivity contribution in [2.24, 2.45) is 0 Å². The van der Waals surface area contributed by atoms with Crippen LogP contribution in [0, 0.1) is 0 Å². The third kappa shape index (κ3) is 4.38. The van der Waals surface area contributed by atoms with Gasteiger partial charge in [-0.15, -0.1) is 0 Å². The SMILES string of the molecule is COC(=O)C1NC=C(NC(=O)Cc2ccccc2)C(=O)SC1(C)C. The molecule has 0 radical (unpaired) electrons. The number of carbonyl (C=O) groups is 3. The molecule has 1 aliphatic heterocycles. The summed E-state index contributed by atoms with van der Waals surface area (Å²) in [4.78, 5) is 36.4. The molecule has 0 aromatic heterocycles. The third-order valence-electron chi connectivity index (χ3n) is 3.58. The quantitative estimate of drug-likeness (QED) is 0.800. The van der Waals surface area contributed by atoms with Gasteiger partial charge in [0.05, 0.1) is 13.5 Å². The molecule has 24 heavy (non-hydrogen) atoms. The monoisotopic (exact) mass is 348 g/mol. The highest BCUT2D eigenvalue weighted by Gasteiger charge is 2.41. The highest BCUT2D eigenvalue weighted by atomic mass is 32.2. The van der Waals surface area contributed by atoms with Gasteiger partial charge in [0.2, 0.25) is 11.0 Å². The van der Waals surface area contributed by atoms with Crippen LogP contribution in [0.25, 0.3) is 0 Å². The first-order valence-electron chi connectivity index (χ1n) is 7.44. The number of carbonyl (C=O) groups excluding carboxylic acids is 3. The lowest BCUT2D eigenvalue weighted by molar-refractivity contribution is -0.143. The highest BCUT2D eigenvalue weighted by molar-refractivity contribution is 8.15. The Labute approximate surface area is 145 Å². The van der Waals surface area contributed by atoms with Crippen LogP contribution in [0.3, 0.4) is 0 Å². The summed E-state index contributed by atoms with van der Waals surface area (Å²) in [5, 5.41) is 5.18. The standard InChI is InChI=1S/C17H20N2O4S/c1-17(2)14(15(21)23-3)18-10-12(16(22)24-17)19-13(20)9-11-7-5-4-6-8-11/h4-8,10,14,18H,9H2,1-3H3,(H,19,20). The van der Waals surface area contributed by atoms with E-state index in [4.69, 9.17) is 4.74 Å². The largest absolute Gasteiger partial charge is 0.467 e. The van der Waals surface area contributed by atoms with Crippen molar-refractivity contribution < 1.29 is 19.1 Å². The fraction of sp³-hybridized carbons (Fsp3) is 0.353. The molecule has 2 N–H and O–H groups in total. The van der Waals surface area contributed by atoms with Crippen LogP contribution in [0.15, 0.2) is 42.2 Å². The summed E-state index contributed by atoms with van der Waals surface area (Å²) in [5.41, 5.74) is 0.977. The lowest BCUT2D eigenvalue weighted by Crippen LogP contribution is -2.48. The van der Waals surface area contributed by atoms with E-state index in [9.17, 15) is 14.4 Å². The second-order valence-corrected chi connectivity index (χ2v) is 7.51. The number of hydrogen-bond donors (Lipinski definition) is 2. The first-order chi connectivity index (χ1) is 11.3. The zero-order valence-corrected chi connectivity index (χ0v) is 14.6. The van der Waals surface area contributed by atoms with Gasteiger partial charge in [-0.2, -0.15) is 0 Å². The molecule has 0 bridgehead atoms. The number of methoxy groups -OCH3 is 1. The minimum Gasteiger partial charge on any atom is -0.467 e. The normalized spacial score (nSPS) is 19.5. The molecule has 1 heterocycles. The first kappa shape index (κ1) is 18.1. The smallest absolute Gasteiger partial charge is 0.329 e. The van der Waals surface area contributed by atoms with Crippen molar-refractivity contribution in [2.75, 3.05) is 7.11 Å². The lowest BCUT2D eigenvalue weighted by Gasteiger charge is -2.29. The van der Waals surface area contributed by atoms with Crippen molar-refractivity contribution >= 4 is 28.8 Å². The van der Waals surface area contributed by atoms with E-state index in [2.05, 4.69) is 10.6 Å². The van der Waals surface area contributed by atoms with Crippen molar-refractivity contribution in [1.29, 1.82) is 0 Å². The zero-order chi connectivity index (χ0) is 17.7. The minimum absolute atomic E-state index is 0.125. The summed E-state index contributed by atoms with van der Waals surface area (Å²) in [7, 11) is 1.30. The summed E-state index contributed by atoms with van der Waals surface area (Å²) in [6.07, 6.45) is 1.54. The second-order valence-electron chi connectivity index (χ2n) is 5.88. The number of amides is 1. The van der Waals surface area contributed by atoms with E-state index in [1.54, 1.807) is 13.8 Å². The maximum absolute atomic E-state index is 12.4. The van der Waals surface area contributed by atoms with Gasteiger partial charge in [0.25, 0.3) is 0 Å². The molecule has 1 aromatic carbocycles. The summed E-state index contributed by atoms with van der Waals surface area (Å²) in [6.45, 7) is 3.54. The average molecular weight is 348 g/mol. The third-order valence-corrected chi connectivity index (χ3v) is 4.75. The summed E-state index contributed by atoms with van der Waals surface area (Å²) < 4.78 is 4.05. The van der Waals surface area contributed by atoms with Gasteiger partial charge in [0.15, 0.2) is 0 Å². The van der Waals surface area contributed by atoms with Crippen molar-refractivity contribution in [3.05, 3.63) is 47.8 Å². The number of rotatable bonds is 4. The second kappa shape index (κ2) is 7.53. The zero-order valence-electron chi connectivity index (χ0n) is 13.8. The molecule has 1 aliphatic rings. The maximum Gasteiger partial charge on any atom is 0.329 e. The Balaban J connectivity index is 2.09. The van der Waals surface area contributed by atoms with Crippen molar-refractivity contribution in [2.45, 2.75) is 31.1 Å². The topological polar surface area (TPSA) is 84.5 Å². The van der Waals surface area contributed by atoms with Crippen molar-refractivity contribution in [3.63, 3.8) is 0 Å². The number of esters is 1. The Morgan fingerprint density at radius 2 is 1.96 bits per heavy atom. The molecule has 128 valence electrons. The van der Waals surface area contributed by atoms with Gasteiger partial charge in [0, 0.05) is 10.9 Å². The Bertz CT molecular complexity index is 670. The molecule has 0 saturated heterocycles. The fourth-order valence-corrected chi connectivity index (χ4v) is 3.29. The molecule has 1 atom stereocenters. The van der Waals surface area contributed by atoms with Crippen LogP contribution >= 0.6 is 11.8 Å². The Kier molecular flexibility index (Phi) is 5.66. The van der Waals surface area contributed by atoms with E-state index in [1.807, 2.05) is 30.3 Å². The summed E-state index contributed by atoms with van der Waals surface area (Å²) in [6, 6.07) is 8.55. The van der Waals surface area contributed by atoms with Gasteiger partial charge in [0.1, 0.15) is 11.7 Å². The summed E-state index contributed by atoms with van der Waals surface area (Å²) >= 11 is 0.987. The molecule has 1 aromatic rings. The molecule has 7 heteroatoms. The van der Waals surface area contributed by atoms with E-state index >= 15 is 0 Å². The van der Waals surface area contributed by atoms with E-state index in [1.165, 1.54) is 13.3 Å². The maximum atomic E-state index is 12.4. The number of thioether (sulfide) groups is 1. The van der Waals surface area contributed by atoms with Crippen LogP contribution in [0.4, 0.5) is 0 Å². The molecule has 0 aliphatic carbocycles. The highest BCUT2D eigenvalue weighted by Crippen LogP contribution is 2.33. The van der Waals surface area contributed by atoms with Crippen LogP contribution in [0.1, 0.15) is 19.4 Å². The lowest BCUT2D eigenvalue weighted by atomic mass is 10.0. The van der Waals surface area contributed by atoms with Crippen molar-refractivity contribution in [3.8, 4) is 0 Å². The fourth-order valence-electron chi connectivity index (χ4n) is 2.31. The molecule has 0 saturated carbocycles. The van der Waals surface area contributed by atoms with Crippen LogP contribution in [-0.4, -0.2) is 34.9 Å². The molecular formula is C17H20N2O4S. The first-order valence-corrected chi connectivity index (χ1v) is 8.26. The molecule has 6 nitrogen and oxygen atoms in total. The number of nitrogens with one attached hydrogen (secondary N) is 2. The Morgan fingerprint density at radius 3 is 2.58 bits per heavy atom. The van der Waals surface area contributed by atoms with Gasteiger partial charge in [-0.05, 0) is 19.4 Å². The van der Waals surface area contributed by atoms with Crippen LogP contribution in [0.2, 0.25) is 0 Å². The van der Waals surface area contributed by atoms with Crippen LogP contribution < -0.4 is 10.6 Å². The average Bonchev–Trinajstić information content (AvgIpc) is 2.63. The van der Waals surface area contributed by atoms with Gasteiger partial charge in [-0.25, -0.2) is 4.79 Å². The molecule has 1 amide bonds. The van der Waals surface area contributed by atoms with Crippen LogP contribution in [-0.2, 0) is 25.5 Å². The van der Waals surface area contributed by atoms with Gasteiger partial charge in [-0.3, -0.25) is 9.59 Å². The molecule has 0 fully saturated rings. The van der Waals surface area contributed by atoms with Gasteiger partial charge < -0.3 is 15.4 Å². The number of ether oxygens (including phenoxy) is 1. The molecular weight excluding hydrogens is 328 g/mol. The van der Waals surface area contributed by atoms with E-state index in [-0.39, 0.29) is 23.1 Å².